The maximum Gasteiger partial charge on any atom is 0.124 e. The van der Waals surface area contributed by atoms with Crippen molar-refractivity contribution in [3.05, 3.63) is 58.9 Å². The Balaban J connectivity index is 1.70. The lowest BCUT2D eigenvalue weighted by molar-refractivity contribution is 0.203. The zero-order valence-corrected chi connectivity index (χ0v) is 14.3. The number of nitrogens with one attached hydrogen (secondary N) is 1. The summed E-state index contributed by atoms with van der Waals surface area (Å²) < 4.78 is 13.1. The Hall–Kier alpha value is -1.78. The smallest absolute Gasteiger partial charge is 0.124 e. The number of aliphatic hydroxyl groups is 1. The summed E-state index contributed by atoms with van der Waals surface area (Å²) >= 11 is 6.10. The molecule has 0 saturated carbocycles. The average molecular weight is 349 g/mol. The predicted molar refractivity (Wildman–Crippen MR) is 97.2 cm³/mol. The van der Waals surface area contributed by atoms with Crippen LogP contribution in [0.15, 0.2) is 42.5 Å². The van der Waals surface area contributed by atoms with Crippen LogP contribution in [-0.2, 0) is 6.54 Å². The molecule has 2 N–H and O–H groups in total. The van der Waals surface area contributed by atoms with Gasteiger partial charge in [0, 0.05) is 31.3 Å². The van der Waals surface area contributed by atoms with Gasteiger partial charge in [-0.1, -0.05) is 29.8 Å². The van der Waals surface area contributed by atoms with Gasteiger partial charge in [-0.3, -0.25) is 0 Å². The van der Waals surface area contributed by atoms with Crippen LogP contribution < -0.4 is 10.2 Å². The Kier molecular flexibility index (Phi) is 5.59. The van der Waals surface area contributed by atoms with Crippen LogP contribution in [0.2, 0.25) is 5.02 Å². The minimum Gasteiger partial charge on any atom is -0.396 e. The molecule has 0 aliphatic carbocycles. The first kappa shape index (κ1) is 17.1. The minimum atomic E-state index is -0.323. The van der Waals surface area contributed by atoms with Gasteiger partial charge in [-0.2, -0.15) is 0 Å². The number of para-hydroxylation sites is 2. The Bertz CT molecular complexity index is 687. The van der Waals surface area contributed by atoms with Crippen LogP contribution in [0.4, 0.5) is 15.8 Å². The Morgan fingerprint density at radius 3 is 2.62 bits per heavy atom. The topological polar surface area (TPSA) is 35.5 Å². The molecule has 3 rings (SSSR count). The van der Waals surface area contributed by atoms with Crippen molar-refractivity contribution in [2.75, 3.05) is 29.9 Å². The van der Waals surface area contributed by atoms with Crippen molar-refractivity contribution < 1.29 is 9.50 Å². The minimum absolute atomic E-state index is 0.275. The monoisotopic (exact) mass is 348 g/mol. The van der Waals surface area contributed by atoms with E-state index in [0.29, 0.717) is 17.5 Å². The van der Waals surface area contributed by atoms with Crippen molar-refractivity contribution in [2.24, 2.45) is 5.92 Å². The van der Waals surface area contributed by atoms with E-state index in [1.54, 1.807) is 6.07 Å². The van der Waals surface area contributed by atoms with Crippen molar-refractivity contribution >= 4 is 23.0 Å². The first-order valence-corrected chi connectivity index (χ1v) is 8.68. The van der Waals surface area contributed by atoms with Crippen LogP contribution in [0, 0.1) is 11.7 Å². The molecular formula is C19H22ClFN2O. The van der Waals surface area contributed by atoms with Crippen molar-refractivity contribution in [2.45, 2.75) is 19.4 Å². The molecule has 0 aromatic heterocycles. The molecule has 0 atom stereocenters. The fraction of sp³-hybridized carbons (Fsp3) is 0.368. The zero-order valence-electron chi connectivity index (χ0n) is 13.5. The molecule has 1 saturated heterocycles. The van der Waals surface area contributed by atoms with E-state index in [9.17, 15) is 9.50 Å². The Morgan fingerprint density at radius 2 is 1.92 bits per heavy atom. The van der Waals surface area contributed by atoms with Gasteiger partial charge in [-0.15, -0.1) is 0 Å². The van der Waals surface area contributed by atoms with E-state index in [0.717, 1.165) is 42.9 Å². The lowest BCUT2D eigenvalue weighted by Gasteiger charge is -2.34. The van der Waals surface area contributed by atoms with Gasteiger partial charge in [-0.25, -0.2) is 4.39 Å². The lowest BCUT2D eigenvalue weighted by atomic mass is 9.97. The second-order valence-corrected chi connectivity index (χ2v) is 6.63. The number of hydrogen-bond donors (Lipinski definition) is 2. The van der Waals surface area contributed by atoms with Crippen LogP contribution in [0.1, 0.15) is 18.4 Å². The van der Waals surface area contributed by atoms with Gasteiger partial charge in [0.25, 0.3) is 0 Å². The number of benzene rings is 2. The first-order valence-electron chi connectivity index (χ1n) is 8.30. The molecule has 0 spiro atoms. The maximum absolute atomic E-state index is 13.1. The summed E-state index contributed by atoms with van der Waals surface area (Å²) in [6.45, 7) is 2.71. The average Bonchev–Trinajstić information content (AvgIpc) is 2.61. The van der Waals surface area contributed by atoms with E-state index >= 15 is 0 Å². The highest BCUT2D eigenvalue weighted by atomic mass is 35.5. The molecule has 5 heteroatoms. The highest BCUT2D eigenvalue weighted by Crippen LogP contribution is 2.30. The van der Waals surface area contributed by atoms with Gasteiger partial charge in [0.1, 0.15) is 5.82 Å². The van der Waals surface area contributed by atoms with E-state index in [-0.39, 0.29) is 12.4 Å². The molecule has 1 aliphatic heterocycles. The largest absolute Gasteiger partial charge is 0.396 e. The molecule has 24 heavy (non-hydrogen) atoms. The summed E-state index contributed by atoms with van der Waals surface area (Å²) in [5.74, 6) is 0.0929. The van der Waals surface area contributed by atoms with Gasteiger partial charge in [0.15, 0.2) is 0 Å². The lowest BCUT2D eigenvalue weighted by Crippen LogP contribution is -2.35. The van der Waals surface area contributed by atoms with Crippen molar-refractivity contribution in [3.8, 4) is 0 Å². The van der Waals surface area contributed by atoms with Crippen LogP contribution in [-0.4, -0.2) is 24.8 Å². The summed E-state index contributed by atoms with van der Waals surface area (Å²) in [5.41, 5.74) is 3.07. The molecule has 2 aromatic rings. The summed E-state index contributed by atoms with van der Waals surface area (Å²) in [5, 5.41) is 13.1. The van der Waals surface area contributed by atoms with Gasteiger partial charge in [0.2, 0.25) is 0 Å². The quantitative estimate of drug-likeness (QED) is 0.845. The summed E-state index contributed by atoms with van der Waals surface area (Å²) in [6, 6.07) is 12.7. The molecule has 2 aromatic carbocycles. The number of anilines is 2. The molecule has 0 unspecified atom stereocenters. The van der Waals surface area contributed by atoms with Crippen molar-refractivity contribution in [3.63, 3.8) is 0 Å². The highest BCUT2D eigenvalue weighted by molar-refractivity contribution is 6.31. The number of hydrogen-bond acceptors (Lipinski definition) is 3. The molecule has 128 valence electrons. The molecule has 1 heterocycles. The van der Waals surface area contributed by atoms with Crippen LogP contribution in [0.5, 0.6) is 0 Å². The second kappa shape index (κ2) is 7.86. The van der Waals surface area contributed by atoms with Gasteiger partial charge < -0.3 is 15.3 Å². The summed E-state index contributed by atoms with van der Waals surface area (Å²) in [7, 11) is 0. The highest BCUT2D eigenvalue weighted by Gasteiger charge is 2.20. The third-order valence-corrected chi connectivity index (χ3v) is 4.95. The predicted octanol–water partition coefficient (Wildman–Crippen LogP) is 4.30. The molecule has 3 nitrogen and oxygen atoms in total. The molecule has 0 bridgehead atoms. The standard InChI is InChI=1S/C19H22ClFN2O/c20-17-11-16(21)6-5-15(17)12-22-18-3-1-2-4-19(18)23-9-7-14(13-24)8-10-23/h1-6,11,14,22,24H,7-10,12-13H2. The summed E-state index contributed by atoms with van der Waals surface area (Å²) in [6.07, 6.45) is 2.02. The number of piperidine rings is 1. The van der Waals surface area contributed by atoms with E-state index in [4.69, 9.17) is 11.6 Å². The Morgan fingerprint density at radius 1 is 1.17 bits per heavy atom. The number of rotatable bonds is 5. The molecular weight excluding hydrogens is 327 g/mol. The van der Waals surface area contributed by atoms with E-state index < -0.39 is 0 Å². The number of aliphatic hydroxyl groups excluding tert-OH is 1. The molecule has 0 radical (unpaired) electrons. The fourth-order valence-corrected chi connectivity index (χ4v) is 3.34. The third-order valence-electron chi connectivity index (χ3n) is 4.60. The molecule has 0 amide bonds. The second-order valence-electron chi connectivity index (χ2n) is 6.22. The summed E-state index contributed by atoms with van der Waals surface area (Å²) in [4.78, 5) is 2.35. The number of nitrogens with zero attached hydrogens (tertiary/aromatic N) is 1. The van der Waals surface area contributed by atoms with Crippen LogP contribution >= 0.6 is 11.6 Å². The fourth-order valence-electron chi connectivity index (χ4n) is 3.11. The van der Waals surface area contributed by atoms with Gasteiger partial charge >= 0.3 is 0 Å². The van der Waals surface area contributed by atoms with E-state index in [1.807, 2.05) is 18.2 Å². The first-order chi connectivity index (χ1) is 11.7. The van der Waals surface area contributed by atoms with Crippen LogP contribution in [0.25, 0.3) is 0 Å². The maximum atomic E-state index is 13.1. The number of halogens is 2. The molecule has 1 aliphatic rings. The van der Waals surface area contributed by atoms with E-state index in [1.165, 1.54) is 12.1 Å². The van der Waals surface area contributed by atoms with Gasteiger partial charge in [0.05, 0.1) is 11.4 Å². The van der Waals surface area contributed by atoms with E-state index in [2.05, 4.69) is 16.3 Å². The van der Waals surface area contributed by atoms with Crippen molar-refractivity contribution in [1.29, 1.82) is 0 Å². The third kappa shape index (κ3) is 4.00. The Labute approximate surface area is 147 Å². The molecule has 1 fully saturated rings. The normalized spacial score (nSPS) is 15.5. The SMILES string of the molecule is OCC1CCN(c2ccccc2NCc2ccc(F)cc2Cl)CC1. The van der Waals surface area contributed by atoms with Gasteiger partial charge in [-0.05, 0) is 48.6 Å². The zero-order chi connectivity index (χ0) is 16.9. The van der Waals surface area contributed by atoms with Crippen molar-refractivity contribution in [1.82, 2.24) is 0 Å². The van der Waals surface area contributed by atoms with Crippen LogP contribution in [0.3, 0.4) is 0 Å².